The molecule has 5 aromatic rings. The molecule has 3 aromatic heterocycles. The van der Waals surface area contributed by atoms with Crippen LogP contribution in [-0.4, -0.2) is 24.5 Å². The summed E-state index contributed by atoms with van der Waals surface area (Å²) >= 11 is 0. The van der Waals surface area contributed by atoms with Gasteiger partial charge in [0, 0.05) is 30.9 Å². The third-order valence-electron chi connectivity index (χ3n) is 5.48. The number of hydrogen-bond acceptors (Lipinski definition) is 6. The van der Waals surface area contributed by atoms with Crippen molar-refractivity contribution in [2.45, 2.75) is 6.92 Å². The Morgan fingerprint density at radius 1 is 1.00 bits per heavy atom. The van der Waals surface area contributed by atoms with E-state index < -0.39 is 34.5 Å². The first kappa shape index (κ1) is 22.9. The number of benzene rings is 2. The highest BCUT2D eigenvalue weighted by Crippen LogP contribution is 2.32. The van der Waals surface area contributed by atoms with Gasteiger partial charge in [-0.1, -0.05) is 0 Å². The lowest BCUT2D eigenvalue weighted by Crippen LogP contribution is -2.08. The fourth-order valence-corrected chi connectivity index (χ4v) is 3.58. The van der Waals surface area contributed by atoms with Gasteiger partial charge in [0.25, 0.3) is 0 Å². The van der Waals surface area contributed by atoms with Crippen molar-refractivity contribution in [3.05, 3.63) is 77.3 Å². The molecular formula is C24H15F4N7O. The zero-order valence-corrected chi connectivity index (χ0v) is 18.7. The quantitative estimate of drug-likeness (QED) is 0.187. The molecule has 0 atom stereocenters. The van der Waals surface area contributed by atoms with Crippen molar-refractivity contribution in [1.82, 2.24) is 24.5 Å². The van der Waals surface area contributed by atoms with Crippen LogP contribution in [0.5, 0.6) is 11.5 Å². The summed E-state index contributed by atoms with van der Waals surface area (Å²) < 4.78 is 63.6. The summed E-state index contributed by atoms with van der Waals surface area (Å²) in [5.74, 6) is -5.05. The Morgan fingerprint density at radius 2 is 1.78 bits per heavy atom. The third-order valence-corrected chi connectivity index (χ3v) is 5.48. The number of nitriles is 1. The van der Waals surface area contributed by atoms with E-state index in [1.54, 1.807) is 37.4 Å². The number of rotatable bonds is 5. The predicted molar refractivity (Wildman–Crippen MR) is 122 cm³/mol. The van der Waals surface area contributed by atoms with Gasteiger partial charge in [-0.3, -0.25) is 4.98 Å². The van der Waals surface area contributed by atoms with Crippen LogP contribution in [0.25, 0.3) is 22.6 Å². The van der Waals surface area contributed by atoms with E-state index in [0.29, 0.717) is 39.7 Å². The van der Waals surface area contributed by atoms with Gasteiger partial charge >= 0.3 is 0 Å². The first-order valence-electron chi connectivity index (χ1n) is 10.4. The number of halogens is 4. The van der Waals surface area contributed by atoms with Gasteiger partial charge in [0.1, 0.15) is 34.6 Å². The molecule has 180 valence electrons. The molecule has 0 spiro atoms. The molecule has 0 saturated carbocycles. The first-order valence-corrected chi connectivity index (χ1v) is 10.4. The topological polar surface area (TPSA) is 104 Å². The fraction of sp³-hybridized carbons (Fsp3) is 0.0833. The monoisotopic (exact) mass is 493 g/mol. The van der Waals surface area contributed by atoms with Crippen LogP contribution in [0.4, 0.5) is 29.2 Å². The van der Waals surface area contributed by atoms with Gasteiger partial charge in [0.15, 0.2) is 29.1 Å². The van der Waals surface area contributed by atoms with E-state index in [-0.39, 0.29) is 5.95 Å². The minimum absolute atomic E-state index is 0.00247. The van der Waals surface area contributed by atoms with E-state index in [9.17, 15) is 17.6 Å². The van der Waals surface area contributed by atoms with Crippen molar-refractivity contribution < 1.29 is 22.3 Å². The smallest absolute Gasteiger partial charge is 0.208 e. The van der Waals surface area contributed by atoms with Crippen LogP contribution >= 0.6 is 0 Å². The molecular weight excluding hydrogens is 478 g/mol. The molecule has 12 heteroatoms. The Balaban J connectivity index is 1.44. The summed E-state index contributed by atoms with van der Waals surface area (Å²) in [4.78, 5) is 15.5. The van der Waals surface area contributed by atoms with Crippen molar-refractivity contribution in [2.24, 2.45) is 7.05 Å². The Bertz CT molecular complexity index is 1660. The summed E-state index contributed by atoms with van der Waals surface area (Å²) in [5.41, 5.74) is 0.257. The third kappa shape index (κ3) is 3.86. The largest absolute Gasteiger partial charge is 0.457 e. The molecule has 5 rings (SSSR count). The molecule has 0 amide bonds. The summed E-state index contributed by atoms with van der Waals surface area (Å²) in [6, 6.07) is 10.2. The van der Waals surface area contributed by atoms with Crippen LogP contribution in [0.2, 0.25) is 0 Å². The van der Waals surface area contributed by atoms with Crippen LogP contribution in [0.15, 0.2) is 42.7 Å². The molecule has 0 fully saturated rings. The number of pyridine rings is 1. The number of fused-ring (bicyclic) bond motifs is 1. The van der Waals surface area contributed by atoms with Crippen molar-refractivity contribution in [1.29, 1.82) is 5.26 Å². The Labute approximate surface area is 200 Å². The molecule has 0 unspecified atom stereocenters. The predicted octanol–water partition coefficient (Wildman–Crippen LogP) is 5.63. The van der Waals surface area contributed by atoms with Crippen molar-refractivity contribution in [3.8, 4) is 29.1 Å². The van der Waals surface area contributed by atoms with Gasteiger partial charge < -0.3 is 19.6 Å². The number of nitrogens with one attached hydrogen (secondary N) is 2. The van der Waals surface area contributed by atoms with Crippen molar-refractivity contribution >= 4 is 22.7 Å². The van der Waals surface area contributed by atoms with Crippen LogP contribution in [0.3, 0.4) is 0 Å². The number of anilines is 2. The van der Waals surface area contributed by atoms with Gasteiger partial charge in [0.05, 0.1) is 17.2 Å². The van der Waals surface area contributed by atoms with Gasteiger partial charge in [0.2, 0.25) is 5.95 Å². The normalized spacial score (nSPS) is 11.0. The summed E-state index contributed by atoms with van der Waals surface area (Å²) in [6.07, 6.45) is 2.91. The van der Waals surface area contributed by atoms with Crippen LogP contribution in [-0.2, 0) is 7.05 Å². The summed E-state index contributed by atoms with van der Waals surface area (Å²) in [6.45, 7) is 1.01. The number of aromatic nitrogens is 5. The lowest BCUT2D eigenvalue weighted by atomic mass is 10.1. The van der Waals surface area contributed by atoms with Crippen LogP contribution in [0, 0.1) is 41.5 Å². The maximum absolute atomic E-state index is 14.5. The number of aromatic amines is 1. The van der Waals surface area contributed by atoms with E-state index >= 15 is 0 Å². The number of imidazole rings is 2. The first-order chi connectivity index (χ1) is 17.3. The maximum Gasteiger partial charge on any atom is 0.208 e. The Morgan fingerprint density at radius 3 is 2.53 bits per heavy atom. The highest BCUT2D eigenvalue weighted by molar-refractivity contribution is 5.81. The molecule has 2 N–H and O–H groups in total. The highest BCUT2D eigenvalue weighted by Gasteiger charge is 2.24. The minimum atomic E-state index is -1.78. The number of nitrogens with zero attached hydrogens (tertiary/aromatic N) is 5. The average molecular weight is 493 g/mol. The van der Waals surface area contributed by atoms with E-state index in [0.717, 1.165) is 6.92 Å². The van der Waals surface area contributed by atoms with Crippen molar-refractivity contribution in [3.63, 3.8) is 0 Å². The second-order valence-electron chi connectivity index (χ2n) is 7.76. The lowest BCUT2D eigenvalue weighted by Gasteiger charge is -2.11. The van der Waals surface area contributed by atoms with E-state index in [1.165, 1.54) is 17.0 Å². The molecule has 3 heterocycles. The zero-order valence-electron chi connectivity index (χ0n) is 18.7. The van der Waals surface area contributed by atoms with Crippen LogP contribution < -0.4 is 10.1 Å². The second-order valence-corrected chi connectivity index (χ2v) is 7.76. The van der Waals surface area contributed by atoms with E-state index in [2.05, 4.69) is 25.3 Å². The van der Waals surface area contributed by atoms with Crippen LogP contribution in [0.1, 0.15) is 11.3 Å². The van der Waals surface area contributed by atoms with E-state index in [1.807, 2.05) is 6.07 Å². The molecule has 2 aromatic carbocycles. The molecule has 0 aliphatic heterocycles. The second kappa shape index (κ2) is 8.70. The van der Waals surface area contributed by atoms with Gasteiger partial charge in [-0.25, -0.2) is 27.5 Å². The molecule has 0 aliphatic rings. The number of ether oxygens (including phenoxy) is 1. The van der Waals surface area contributed by atoms with E-state index in [4.69, 9.17) is 10.00 Å². The molecule has 0 radical (unpaired) electrons. The highest BCUT2D eigenvalue weighted by atomic mass is 19.2. The Hall–Kier alpha value is -4.92. The lowest BCUT2D eigenvalue weighted by molar-refractivity contribution is 0.432. The molecule has 8 nitrogen and oxygen atoms in total. The average Bonchev–Trinajstić information content (AvgIpc) is 3.49. The molecule has 0 saturated heterocycles. The summed E-state index contributed by atoms with van der Waals surface area (Å²) in [5, 5.41) is 11.4. The molecule has 36 heavy (non-hydrogen) atoms. The maximum atomic E-state index is 14.5. The molecule has 0 bridgehead atoms. The minimum Gasteiger partial charge on any atom is -0.457 e. The fourth-order valence-electron chi connectivity index (χ4n) is 3.58. The zero-order chi connectivity index (χ0) is 25.6. The Kier molecular flexibility index (Phi) is 5.52. The van der Waals surface area contributed by atoms with Gasteiger partial charge in [-0.15, -0.1) is 0 Å². The summed E-state index contributed by atoms with van der Waals surface area (Å²) in [7, 11) is 1.59. The SMILES string of the molecule is Cc1c(F)c(F)c(F)c(Nc2nc3cc(Oc4ccnc(-c5ncc(C#N)[nH]5)c4)ccc3n2C)c1F. The van der Waals surface area contributed by atoms with Gasteiger partial charge in [-0.2, -0.15) is 5.26 Å². The van der Waals surface area contributed by atoms with Crippen molar-refractivity contribution in [2.75, 3.05) is 5.32 Å². The molecule has 0 aliphatic carbocycles. The van der Waals surface area contributed by atoms with Gasteiger partial charge in [-0.05, 0) is 25.1 Å². The number of aryl methyl sites for hydroxylation is 1. The standard InChI is InChI=1S/C24H15F4N7O/c1-11-18(25)20(27)21(28)22(19(11)26)34-24-33-15-7-13(3-4-17(15)35(24)2)36-14-5-6-30-16(8-14)23-31-10-12(9-29)32-23/h3-8,10H,1-2H3,(H,31,32)(H,33,34). The number of hydrogen-bond donors (Lipinski definition) is 2. The number of H-pyrrole nitrogens is 1.